The van der Waals surface area contributed by atoms with Crippen molar-refractivity contribution in [2.24, 2.45) is 0 Å². The minimum Gasteiger partial charge on any atom is -0.495 e. The lowest BCUT2D eigenvalue weighted by molar-refractivity contribution is 0.414. The lowest BCUT2D eigenvalue weighted by Gasteiger charge is -2.07. The first-order valence-corrected chi connectivity index (χ1v) is 8.23. The van der Waals surface area contributed by atoms with E-state index in [1.807, 2.05) is 6.92 Å². The summed E-state index contributed by atoms with van der Waals surface area (Å²) in [6.45, 7) is 2.03. The molecule has 2 aromatic rings. The summed E-state index contributed by atoms with van der Waals surface area (Å²) >= 11 is 5.94. The Hall–Kier alpha value is -1.73. The molecule has 1 aromatic carbocycles. The summed E-state index contributed by atoms with van der Waals surface area (Å²) in [6, 6.07) is 5.94. The lowest BCUT2D eigenvalue weighted by atomic mass is 10.2. The van der Waals surface area contributed by atoms with Crippen LogP contribution in [-0.2, 0) is 16.4 Å². The van der Waals surface area contributed by atoms with Gasteiger partial charge in [0.1, 0.15) is 5.75 Å². The Labute approximate surface area is 128 Å². The molecule has 0 unspecified atom stereocenters. The maximum Gasteiger partial charge on any atom is 0.263 e. The molecule has 1 heterocycles. The number of nitrogens with zero attached hydrogens (tertiary/aromatic N) is 1. The Kier molecular flexibility index (Phi) is 4.74. The summed E-state index contributed by atoms with van der Waals surface area (Å²) in [5.41, 5.74) is 0.878. The molecule has 0 bridgehead atoms. The maximum atomic E-state index is 12.3. The van der Waals surface area contributed by atoms with E-state index in [4.69, 9.17) is 16.3 Å². The summed E-state index contributed by atoms with van der Waals surface area (Å²) < 4.78 is 31.9. The highest BCUT2D eigenvalue weighted by Gasteiger charge is 2.17. The topological polar surface area (TPSA) is 84.1 Å². The van der Waals surface area contributed by atoms with Crippen molar-refractivity contribution < 1.29 is 13.2 Å². The number of ether oxygens (including phenoxy) is 1. The highest BCUT2D eigenvalue weighted by molar-refractivity contribution is 7.92. The molecule has 2 N–H and O–H groups in total. The van der Waals surface area contributed by atoms with E-state index in [9.17, 15) is 8.42 Å². The fourth-order valence-corrected chi connectivity index (χ4v) is 3.16. The number of hydrogen-bond acceptors (Lipinski definition) is 4. The number of sulfonamides is 1. The Balaban J connectivity index is 2.23. The normalized spacial score (nSPS) is 11.4. The van der Waals surface area contributed by atoms with E-state index < -0.39 is 10.0 Å². The zero-order valence-corrected chi connectivity index (χ0v) is 13.3. The second-order valence-electron chi connectivity index (χ2n) is 4.43. The van der Waals surface area contributed by atoms with Crippen molar-refractivity contribution in [1.29, 1.82) is 0 Å². The third kappa shape index (κ3) is 3.68. The molecular weight excluding hydrogens is 314 g/mol. The molecule has 8 heteroatoms. The van der Waals surface area contributed by atoms with Gasteiger partial charge in [-0.15, -0.1) is 0 Å². The number of aryl methyl sites for hydroxylation is 1. The number of rotatable bonds is 6. The van der Waals surface area contributed by atoms with E-state index in [-0.39, 0.29) is 15.7 Å². The van der Waals surface area contributed by atoms with Gasteiger partial charge in [-0.3, -0.25) is 9.82 Å². The molecule has 0 saturated carbocycles. The van der Waals surface area contributed by atoms with Gasteiger partial charge in [0.05, 0.1) is 17.0 Å². The fourth-order valence-electron chi connectivity index (χ4n) is 1.82. The van der Waals surface area contributed by atoms with Crippen LogP contribution in [0.25, 0.3) is 0 Å². The van der Waals surface area contributed by atoms with Crippen LogP contribution in [0.3, 0.4) is 0 Å². The zero-order valence-electron chi connectivity index (χ0n) is 11.7. The van der Waals surface area contributed by atoms with Gasteiger partial charge in [0.15, 0.2) is 5.82 Å². The van der Waals surface area contributed by atoms with Gasteiger partial charge in [-0.1, -0.05) is 24.9 Å². The van der Waals surface area contributed by atoms with Crippen LogP contribution < -0.4 is 9.46 Å². The Morgan fingerprint density at radius 3 is 2.76 bits per heavy atom. The van der Waals surface area contributed by atoms with Crippen LogP contribution in [0.4, 0.5) is 5.82 Å². The monoisotopic (exact) mass is 329 g/mol. The SMILES string of the molecule is CCCc1cc(NS(=O)(=O)c2ccc(OC)c(Cl)c2)n[nH]1. The number of methoxy groups -OCH3 is 1. The fraction of sp³-hybridized carbons (Fsp3) is 0.308. The van der Waals surface area contributed by atoms with E-state index in [2.05, 4.69) is 14.9 Å². The van der Waals surface area contributed by atoms with Gasteiger partial charge in [0, 0.05) is 11.8 Å². The molecule has 0 aliphatic carbocycles. The van der Waals surface area contributed by atoms with Crippen molar-refractivity contribution in [2.75, 3.05) is 11.8 Å². The van der Waals surface area contributed by atoms with Crippen LogP contribution in [0.5, 0.6) is 5.75 Å². The first-order valence-electron chi connectivity index (χ1n) is 6.37. The summed E-state index contributed by atoms with van der Waals surface area (Å²) in [6.07, 6.45) is 1.76. The van der Waals surface area contributed by atoms with Gasteiger partial charge in [-0.05, 0) is 24.6 Å². The largest absolute Gasteiger partial charge is 0.495 e. The van der Waals surface area contributed by atoms with Crippen molar-refractivity contribution in [2.45, 2.75) is 24.7 Å². The molecule has 21 heavy (non-hydrogen) atoms. The lowest BCUT2D eigenvalue weighted by Crippen LogP contribution is -2.13. The third-order valence-electron chi connectivity index (χ3n) is 2.82. The van der Waals surface area contributed by atoms with Crippen molar-refractivity contribution in [1.82, 2.24) is 10.2 Å². The number of hydrogen-bond donors (Lipinski definition) is 2. The molecule has 0 fully saturated rings. The van der Waals surface area contributed by atoms with Gasteiger partial charge >= 0.3 is 0 Å². The molecule has 114 valence electrons. The van der Waals surface area contributed by atoms with Gasteiger partial charge in [0.2, 0.25) is 0 Å². The molecule has 0 radical (unpaired) electrons. The van der Waals surface area contributed by atoms with Crippen molar-refractivity contribution >= 4 is 27.4 Å². The average molecular weight is 330 g/mol. The van der Waals surface area contributed by atoms with E-state index in [1.54, 1.807) is 6.07 Å². The van der Waals surface area contributed by atoms with Gasteiger partial charge in [0.25, 0.3) is 10.0 Å². The quantitative estimate of drug-likeness (QED) is 0.853. The number of aromatic amines is 1. The highest BCUT2D eigenvalue weighted by atomic mass is 35.5. The van der Waals surface area contributed by atoms with Gasteiger partial charge in [-0.25, -0.2) is 8.42 Å². The van der Waals surface area contributed by atoms with Crippen LogP contribution in [0.15, 0.2) is 29.2 Å². The van der Waals surface area contributed by atoms with Crippen molar-refractivity contribution in [3.63, 3.8) is 0 Å². The number of anilines is 1. The van der Waals surface area contributed by atoms with E-state index in [1.165, 1.54) is 25.3 Å². The highest BCUT2D eigenvalue weighted by Crippen LogP contribution is 2.27. The Morgan fingerprint density at radius 2 is 2.14 bits per heavy atom. The molecule has 1 aromatic heterocycles. The minimum absolute atomic E-state index is 0.0494. The van der Waals surface area contributed by atoms with E-state index in [0.29, 0.717) is 5.75 Å². The molecule has 0 aliphatic heterocycles. The zero-order chi connectivity index (χ0) is 15.5. The van der Waals surface area contributed by atoms with Crippen LogP contribution in [0, 0.1) is 0 Å². The van der Waals surface area contributed by atoms with E-state index in [0.717, 1.165) is 18.5 Å². The molecule has 0 atom stereocenters. The second kappa shape index (κ2) is 6.36. The summed E-state index contributed by atoms with van der Waals surface area (Å²) in [7, 11) is -2.27. The van der Waals surface area contributed by atoms with E-state index >= 15 is 0 Å². The minimum atomic E-state index is -3.73. The molecule has 0 amide bonds. The van der Waals surface area contributed by atoms with Crippen molar-refractivity contribution in [3.8, 4) is 5.75 Å². The standard InChI is InChI=1S/C13H16ClN3O3S/c1-3-4-9-7-13(16-15-9)17-21(18,19)10-5-6-12(20-2)11(14)8-10/h5-8H,3-4H2,1-2H3,(H2,15,16,17). The van der Waals surface area contributed by atoms with Crippen LogP contribution >= 0.6 is 11.6 Å². The third-order valence-corrected chi connectivity index (χ3v) is 4.47. The maximum absolute atomic E-state index is 12.3. The average Bonchev–Trinajstić information content (AvgIpc) is 2.85. The molecular formula is C13H16ClN3O3S. The Morgan fingerprint density at radius 1 is 1.38 bits per heavy atom. The second-order valence-corrected chi connectivity index (χ2v) is 6.52. The summed E-state index contributed by atoms with van der Waals surface area (Å²) in [5, 5.41) is 6.95. The number of H-pyrrole nitrogens is 1. The van der Waals surface area contributed by atoms with Crippen LogP contribution in [0.1, 0.15) is 19.0 Å². The predicted molar refractivity (Wildman–Crippen MR) is 81.4 cm³/mol. The molecule has 6 nitrogen and oxygen atoms in total. The molecule has 0 spiro atoms. The molecule has 0 saturated heterocycles. The Bertz CT molecular complexity index is 728. The summed E-state index contributed by atoms with van der Waals surface area (Å²) in [4.78, 5) is 0.0494. The van der Waals surface area contributed by atoms with Crippen molar-refractivity contribution in [3.05, 3.63) is 35.0 Å². The number of nitrogens with one attached hydrogen (secondary N) is 2. The number of aromatic nitrogens is 2. The predicted octanol–water partition coefficient (Wildman–Crippen LogP) is 2.83. The first-order chi connectivity index (χ1) is 9.96. The van der Waals surface area contributed by atoms with Gasteiger partial charge in [-0.2, -0.15) is 5.10 Å². The van der Waals surface area contributed by atoms with Crippen LogP contribution in [-0.4, -0.2) is 25.7 Å². The smallest absolute Gasteiger partial charge is 0.263 e. The molecule has 0 aliphatic rings. The number of benzene rings is 1. The summed E-state index contributed by atoms with van der Waals surface area (Å²) in [5.74, 6) is 0.672. The molecule has 2 rings (SSSR count). The van der Waals surface area contributed by atoms with Gasteiger partial charge < -0.3 is 4.74 Å². The van der Waals surface area contributed by atoms with Crippen LogP contribution in [0.2, 0.25) is 5.02 Å². The first kappa shape index (κ1) is 15.7. The number of halogens is 1.